The van der Waals surface area contributed by atoms with Crippen LogP contribution in [0.1, 0.15) is 24.0 Å². The molecular formula is C22H27N3O3. The van der Waals surface area contributed by atoms with E-state index >= 15 is 0 Å². The number of fused-ring (bicyclic) bond motifs is 1. The summed E-state index contributed by atoms with van der Waals surface area (Å²) in [6.45, 7) is 5.54. The minimum Gasteiger partial charge on any atom is -0.454 e. The lowest BCUT2D eigenvalue weighted by molar-refractivity contribution is -0.117. The molecule has 0 spiro atoms. The highest BCUT2D eigenvalue weighted by Gasteiger charge is 2.16. The van der Waals surface area contributed by atoms with Crippen molar-refractivity contribution in [2.24, 2.45) is 0 Å². The minimum atomic E-state index is -0.0136. The Labute approximate surface area is 166 Å². The minimum absolute atomic E-state index is 0.0136. The van der Waals surface area contributed by atoms with E-state index in [-0.39, 0.29) is 12.7 Å². The Hall–Kier alpha value is -2.73. The SMILES string of the molecule is Cc1cc(N2CCCC2)ccc1NC(=O)CN(C)Cc1ccc2c(c1)OCO2. The van der Waals surface area contributed by atoms with Crippen LogP contribution in [0.15, 0.2) is 36.4 Å². The number of ether oxygens (including phenoxy) is 2. The van der Waals surface area contributed by atoms with E-state index in [1.165, 1.54) is 18.5 Å². The molecular weight excluding hydrogens is 354 g/mol. The monoisotopic (exact) mass is 381 g/mol. The van der Waals surface area contributed by atoms with E-state index in [4.69, 9.17) is 9.47 Å². The second kappa shape index (κ2) is 8.10. The molecule has 1 amide bonds. The molecule has 2 aliphatic rings. The van der Waals surface area contributed by atoms with Gasteiger partial charge in [0.1, 0.15) is 0 Å². The van der Waals surface area contributed by atoms with Gasteiger partial charge >= 0.3 is 0 Å². The highest BCUT2D eigenvalue weighted by Crippen LogP contribution is 2.32. The standard InChI is InChI=1S/C22H27N3O3/c1-16-11-18(25-9-3-4-10-25)6-7-19(16)23-22(26)14-24(2)13-17-5-8-20-21(12-17)28-15-27-20/h5-8,11-12H,3-4,9-10,13-15H2,1-2H3,(H,23,26). The molecule has 2 aliphatic heterocycles. The van der Waals surface area contributed by atoms with Crippen molar-refractivity contribution in [3.63, 3.8) is 0 Å². The number of anilines is 2. The fourth-order valence-corrected chi connectivity index (χ4v) is 3.80. The van der Waals surface area contributed by atoms with Crippen LogP contribution in [-0.2, 0) is 11.3 Å². The lowest BCUT2D eigenvalue weighted by Gasteiger charge is -2.20. The number of likely N-dealkylation sites (N-methyl/N-ethyl adjacent to an activating group) is 1. The summed E-state index contributed by atoms with van der Waals surface area (Å²) in [6, 6.07) is 12.2. The number of nitrogens with zero attached hydrogens (tertiary/aromatic N) is 2. The lowest BCUT2D eigenvalue weighted by Crippen LogP contribution is -2.30. The largest absolute Gasteiger partial charge is 0.454 e. The first-order chi connectivity index (χ1) is 13.6. The Kier molecular flexibility index (Phi) is 5.39. The van der Waals surface area contributed by atoms with E-state index in [1.54, 1.807) is 0 Å². The van der Waals surface area contributed by atoms with Gasteiger partial charge in [-0.05, 0) is 68.3 Å². The summed E-state index contributed by atoms with van der Waals surface area (Å²) in [5.41, 5.74) is 4.30. The normalized spacial score (nSPS) is 15.3. The summed E-state index contributed by atoms with van der Waals surface area (Å²) >= 11 is 0. The molecule has 2 aromatic carbocycles. The van der Waals surface area contributed by atoms with Crippen molar-refractivity contribution in [2.75, 3.05) is 43.7 Å². The summed E-state index contributed by atoms with van der Waals surface area (Å²) in [7, 11) is 1.94. The molecule has 0 aromatic heterocycles. The van der Waals surface area contributed by atoms with Crippen LogP contribution in [-0.4, -0.2) is 44.3 Å². The Balaban J connectivity index is 1.32. The molecule has 4 rings (SSSR count). The maximum Gasteiger partial charge on any atom is 0.238 e. The fourth-order valence-electron chi connectivity index (χ4n) is 3.80. The number of carbonyl (C=O) groups excluding carboxylic acids is 1. The first-order valence-corrected chi connectivity index (χ1v) is 9.81. The van der Waals surface area contributed by atoms with Gasteiger partial charge in [-0.2, -0.15) is 0 Å². The number of carbonyl (C=O) groups is 1. The van der Waals surface area contributed by atoms with Crippen molar-refractivity contribution in [1.82, 2.24) is 4.90 Å². The van der Waals surface area contributed by atoms with Crippen molar-refractivity contribution >= 4 is 17.3 Å². The van der Waals surface area contributed by atoms with Crippen molar-refractivity contribution < 1.29 is 14.3 Å². The van der Waals surface area contributed by atoms with Gasteiger partial charge in [-0.15, -0.1) is 0 Å². The second-order valence-electron chi connectivity index (χ2n) is 7.60. The average molecular weight is 381 g/mol. The van der Waals surface area contributed by atoms with Gasteiger partial charge in [0.25, 0.3) is 0 Å². The number of benzene rings is 2. The van der Waals surface area contributed by atoms with E-state index in [2.05, 4.69) is 22.3 Å². The molecule has 0 atom stereocenters. The van der Waals surface area contributed by atoms with Crippen LogP contribution in [0.3, 0.4) is 0 Å². The van der Waals surface area contributed by atoms with E-state index in [0.29, 0.717) is 13.1 Å². The van der Waals surface area contributed by atoms with E-state index < -0.39 is 0 Å². The molecule has 1 saturated heterocycles. The molecule has 0 aliphatic carbocycles. The average Bonchev–Trinajstić information content (AvgIpc) is 3.34. The number of hydrogen-bond donors (Lipinski definition) is 1. The predicted octanol–water partition coefficient (Wildman–Crippen LogP) is 3.39. The highest BCUT2D eigenvalue weighted by molar-refractivity contribution is 5.93. The zero-order valence-electron chi connectivity index (χ0n) is 16.5. The van der Waals surface area contributed by atoms with Crippen molar-refractivity contribution in [3.05, 3.63) is 47.5 Å². The molecule has 0 radical (unpaired) electrons. The molecule has 6 heteroatoms. The zero-order valence-corrected chi connectivity index (χ0v) is 16.5. The number of amides is 1. The Morgan fingerprint density at radius 2 is 1.89 bits per heavy atom. The summed E-state index contributed by atoms with van der Waals surface area (Å²) in [6.07, 6.45) is 2.51. The van der Waals surface area contributed by atoms with E-state index in [1.807, 2.05) is 43.1 Å². The van der Waals surface area contributed by atoms with Gasteiger partial charge in [-0.25, -0.2) is 0 Å². The molecule has 0 unspecified atom stereocenters. The fraction of sp³-hybridized carbons (Fsp3) is 0.409. The third kappa shape index (κ3) is 4.22. The lowest BCUT2D eigenvalue weighted by atomic mass is 10.1. The Morgan fingerprint density at radius 1 is 1.11 bits per heavy atom. The maximum absolute atomic E-state index is 12.5. The zero-order chi connectivity index (χ0) is 19.5. The summed E-state index contributed by atoms with van der Waals surface area (Å²) in [4.78, 5) is 16.9. The first kappa shape index (κ1) is 18.6. The molecule has 1 fully saturated rings. The molecule has 0 saturated carbocycles. The van der Waals surface area contributed by atoms with Crippen molar-refractivity contribution in [3.8, 4) is 11.5 Å². The first-order valence-electron chi connectivity index (χ1n) is 9.81. The smallest absolute Gasteiger partial charge is 0.238 e. The van der Waals surface area contributed by atoms with Gasteiger partial charge in [0.2, 0.25) is 12.7 Å². The van der Waals surface area contributed by atoms with E-state index in [9.17, 15) is 4.79 Å². The van der Waals surface area contributed by atoms with Crippen LogP contribution in [0.4, 0.5) is 11.4 Å². The number of rotatable bonds is 6. The van der Waals surface area contributed by atoms with Crippen LogP contribution in [0, 0.1) is 6.92 Å². The van der Waals surface area contributed by atoms with Gasteiger partial charge in [-0.3, -0.25) is 9.69 Å². The van der Waals surface area contributed by atoms with E-state index in [0.717, 1.165) is 41.4 Å². The third-order valence-corrected chi connectivity index (χ3v) is 5.26. The second-order valence-corrected chi connectivity index (χ2v) is 7.60. The third-order valence-electron chi connectivity index (χ3n) is 5.26. The van der Waals surface area contributed by atoms with Gasteiger partial charge in [0, 0.05) is 31.0 Å². The van der Waals surface area contributed by atoms with Crippen molar-refractivity contribution in [2.45, 2.75) is 26.3 Å². The summed E-state index contributed by atoms with van der Waals surface area (Å²) in [5, 5.41) is 3.04. The molecule has 28 heavy (non-hydrogen) atoms. The van der Waals surface area contributed by atoms with Crippen LogP contribution in [0.5, 0.6) is 11.5 Å². The number of hydrogen-bond acceptors (Lipinski definition) is 5. The predicted molar refractivity (Wildman–Crippen MR) is 110 cm³/mol. The number of aryl methyl sites for hydroxylation is 1. The van der Waals surface area contributed by atoms with Gasteiger partial charge in [0.15, 0.2) is 11.5 Å². The van der Waals surface area contributed by atoms with Gasteiger partial charge in [-0.1, -0.05) is 6.07 Å². The van der Waals surface area contributed by atoms with Crippen molar-refractivity contribution in [1.29, 1.82) is 0 Å². The van der Waals surface area contributed by atoms with Gasteiger partial charge < -0.3 is 19.7 Å². The Morgan fingerprint density at radius 3 is 2.68 bits per heavy atom. The Bertz CT molecular complexity index is 862. The topological polar surface area (TPSA) is 54.0 Å². The molecule has 148 valence electrons. The molecule has 0 bridgehead atoms. The highest BCUT2D eigenvalue weighted by atomic mass is 16.7. The summed E-state index contributed by atoms with van der Waals surface area (Å²) < 4.78 is 10.8. The maximum atomic E-state index is 12.5. The van der Waals surface area contributed by atoms with Gasteiger partial charge in [0.05, 0.1) is 6.54 Å². The van der Waals surface area contributed by atoms with Crippen LogP contribution >= 0.6 is 0 Å². The molecule has 6 nitrogen and oxygen atoms in total. The van der Waals surface area contributed by atoms with Crippen LogP contribution in [0.2, 0.25) is 0 Å². The molecule has 2 aromatic rings. The molecule has 1 N–H and O–H groups in total. The molecule has 2 heterocycles. The van der Waals surface area contributed by atoms with Crippen LogP contribution < -0.4 is 19.7 Å². The summed E-state index contributed by atoms with van der Waals surface area (Å²) in [5.74, 6) is 1.53. The number of nitrogens with one attached hydrogen (secondary N) is 1. The van der Waals surface area contributed by atoms with Crippen LogP contribution in [0.25, 0.3) is 0 Å². The quantitative estimate of drug-likeness (QED) is 0.831.